The predicted octanol–water partition coefficient (Wildman–Crippen LogP) is -5.82. The third-order valence-corrected chi connectivity index (χ3v) is 10.9. The summed E-state index contributed by atoms with van der Waals surface area (Å²) < 4.78 is 39.3. The van der Waals surface area contributed by atoms with Crippen molar-refractivity contribution >= 4 is 11.9 Å². The van der Waals surface area contributed by atoms with Gasteiger partial charge in [0.2, 0.25) is 0 Å². The van der Waals surface area contributed by atoms with E-state index in [9.17, 15) is 60.7 Å². The number of aliphatic hydroxyl groups excluding tert-OH is 10. The quantitative estimate of drug-likeness (QED) is 0.0889. The van der Waals surface area contributed by atoms with Crippen LogP contribution in [0.1, 0.15) is 44.9 Å². The Balaban J connectivity index is 1.33. The molecular formula is C31H49O19+. The van der Waals surface area contributed by atoms with Crippen LogP contribution in [-0.4, -0.2) is 191 Å². The van der Waals surface area contributed by atoms with Crippen LogP contribution >= 0.6 is 0 Å². The van der Waals surface area contributed by atoms with E-state index in [4.69, 9.17) is 33.2 Å². The van der Waals surface area contributed by atoms with Gasteiger partial charge in [-0.05, 0) is 19.3 Å². The Morgan fingerprint density at radius 2 is 1.10 bits per heavy atom. The lowest BCUT2D eigenvalue weighted by molar-refractivity contribution is -0.366. The number of aliphatic hydroxyl groups is 12. The number of cyclic esters (lactones) is 2. The summed E-state index contributed by atoms with van der Waals surface area (Å²) in [6.45, 7) is -1.39. The fourth-order valence-electron chi connectivity index (χ4n) is 8.09. The maximum atomic E-state index is 12.5. The van der Waals surface area contributed by atoms with Gasteiger partial charge in [0.15, 0.2) is 30.9 Å². The molecule has 50 heavy (non-hydrogen) atoms. The monoisotopic (exact) mass is 725 g/mol. The van der Waals surface area contributed by atoms with E-state index in [1.54, 1.807) is 0 Å². The zero-order chi connectivity index (χ0) is 36.0. The lowest BCUT2D eigenvalue weighted by Gasteiger charge is -2.50. The highest BCUT2D eigenvalue weighted by atomic mass is 16.7. The number of fused-ring (bicyclic) bond motifs is 4. The Hall–Kier alpha value is -1.66. The van der Waals surface area contributed by atoms with Crippen molar-refractivity contribution in [3.63, 3.8) is 0 Å². The summed E-state index contributed by atoms with van der Waals surface area (Å²) >= 11 is 0. The summed E-state index contributed by atoms with van der Waals surface area (Å²) in [6, 6.07) is 0. The van der Waals surface area contributed by atoms with Crippen LogP contribution < -0.4 is 0 Å². The largest absolute Gasteiger partial charge is 0.463 e. The van der Waals surface area contributed by atoms with Gasteiger partial charge in [-0.25, -0.2) is 4.79 Å². The van der Waals surface area contributed by atoms with E-state index in [-0.39, 0.29) is 31.6 Å². The first kappa shape index (κ1) is 38.1. The van der Waals surface area contributed by atoms with Crippen LogP contribution in [0.25, 0.3) is 0 Å². The molecule has 0 amide bonds. The third kappa shape index (κ3) is 7.97. The molecule has 11 N–H and O–H groups in total. The fraction of sp³-hybridized carbons (Fsp3) is 0.935. The van der Waals surface area contributed by atoms with Gasteiger partial charge in [-0.2, -0.15) is 0 Å². The van der Waals surface area contributed by atoms with Crippen LogP contribution in [0.5, 0.6) is 0 Å². The second-order valence-electron chi connectivity index (χ2n) is 14.3. The van der Waals surface area contributed by atoms with E-state index in [1.165, 1.54) is 0 Å². The Labute approximate surface area is 286 Å². The second kappa shape index (κ2) is 15.7. The van der Waals surface area contributed by atoms with E-state index in [0.29, 0.717) is 12.8 Å². The van der Waals surface area contributed by atoms with E-state index >= 15 is 0 Å². The molecule has 19 heteroatoms. The molecule has 9 unspecified atom stereocenters. The summed E-state index contributed by atoms with van der Waals surface area (Å²) in [5.74, 6) is -3.32. The molecule has 19 nitrogen and oxygen atoms in total. The zero-order valence-corrected chi connectivity index (χ0v) is 27.1. The maximum absolute atomic E-state index is 12.5. The first-order chi connectivity index (χ1) is 23.7. The van der Waals surface area contributed by atoms with Gasteiger partial charge < -0.3 is 84.2 Å². The number of carbonyl (C=O) groups is 2. The molecule has 6 aliphatic rings. The van der Waals surface area contributed by atoms with Crippen molar-refractivity contribution in [3.05, 3.63) is 0 Å². The number of hydrogen-bond donors (Lipinski definition) is 10. The highest BCUT2D eigenvalue weighted by molar-refractivity contribution is 5.81. The Bertz CT molecular complexity index is 1180. The molecule has 0 spiro atoms. The molecule has 4 bridgehead atoms. The minimum atomic E-state index is -2.03. The molecule has 4 saturated heterocycles. The Morgan fingerprint density at radius 3 is 1.70 bits per heavy atom. The van der Waals surface area contributed by atoms with Crippen LogP contribution in [-0.2, 0) is 38.0 Å². The van der Waals surface area contributed by atoms with Gasteiger partial charge >= 0.3 is 11.9 Å². The summed E-state index contributed by atoms with van der Waals surface area (Å²) in [6.07, 6.45) is -24.3. The SMILES string of the molecule is O=C1C[C@H](O)C(=O)OC[C@H]2O[C@@H](OC3CC(O)CC4[OH+]C(C5CCC(O)C(O)C5)CC(O[C@@H]5O[C@H](CO1)[C@@H](O)[C@H](O)[C@H]5O)C34)[C@H](O)[C@@H](O)[C@@H]2O. The first-order valence-corrected chi connectivity index (χ1v) is 17.2. The van der Waals surface area contributed by atoms with Crippen molar-refractivity contribution in [2.45, 2.75) is 155 Å². The number of esters is 2. The van der Waals surface area contributed by atoms with Crippen LogP contribution in [0.3, 0.4) is 0 Å². The molecule has 20 atom stereocenters. The molecule has 2 aliphatic carbocycles. The van der Waals surface area contributed by atoms with Gasteiger partial charge in [0, 0.05) is 25.2 Å². The van der Waals surface area contributed by atoms with Gasteiger partial charge in [-0.15, -0.1) is 0 Å². The van der Waals surface area contributed by atoms with Crippen molar-refractivity contribution in [2.24, 2.45) is 11.8 Å². The number of carbonyl (C=O) groups excluding carboxylic acids is 2. The smallest absolute Gasteiger partial charge is 0.335 e. The molecule has 6 rings (SSSR count). The number of hydrogen-bond acceptors (Lipinski definition) is 18. The molecule has 0 aromatic carbocycles. The maximum Gasteiger partial charge on any atom is 0.335 e. The second-order valence-corrected chi connectivity index (χ2v) is 14.3. The van der Waals surface area contributed by atoms with Crippen molar-refractivity contribution < 1.29 is 93.8 Å². The van der Waals surface area contributed by atoms with E-state index < -0.39 is 148 Å². The van der Waals surface area contributed by atoms with E-state index in [1.807, 2.05) is 0 Å². The van der Waals surface area contributed by atoms with Gasteiger partial charge in [0.25, 0.3) is 0 Å². The predicted molar refractivity (Wildman–Crippen MR) is 158 cm³/mol. The van der Waals surface area contributed by atoms with Crippen molar-refractivity contribution in [1.82, 2.24) is 0 Å². The Morgan fingerprint density at radius 1 is 0.540 bits per heavy atom. The van der Waals surface area contributed by atoms with Crippen LogP contribution in [0.15, 0.2) is 0 Å². The van der Waals surface area contributed by atoms with Crippen molar-refractivity contribution in [1.29, 1.82) is 0 Å². The number of rotatable bonds is 1. The third-order valence-electron chi connectivity index (χ3n) is 10.9. The molecular weight excluding hydrogens is 676 g/mol. The summed E-state index contributed by atoms with van der Waals surface area (Å²) in [7, 11) is 0. The molecule has 2 saturated carbocycles. The topological polar surface area (TPSA) is 305 Å². The molecule has 4 heterocycles. The summed E-state index contributed by atoms with van der Waals surface area (Å²) in [5, 5.41) is 106. The molecule has 0 radical (unpaired) electrons. The Kier molecular flexibility index (Phi) is 12.0. The molecule has 0 aromatic heterocycles. The fourth-order valence-corrected chi connectivity index (χ4v) is 8.09. The molecule has 6 fully saturated rings. The normalized spacial score (nSPS) is 52.7. The first-order valence-electron chi connectivity index (χ1n) is 17.2. The standard InChI is InChI=1S/C31H48O19/c32-11-4-16-22-17(5-11)47-30-27(41)26(40)24(38)20(50-30)9-45-29(43)14(35)6-21(36)44-8-19-23(37)25(39)28(42)31(49-19)48-18(22)7-15(46-16)10-1-2-12(33)13(34)3-10/h10-20,22-28,30-35,37-42H,1-9H2/p+1/t10?,11?,12?,13?,14-,15?,16?,17?,18?,19+,20+,22?,23+,24+,25-,26-,27+,28+,30+,31+/m0/s1. The van der Waals surface area contributed by atoms with Crippen molar-refractivity contribution in [3.8, 4) is 0 Å². The van der Waals surface area contributed by atoms with Crippen LogP contribution in [0.2, 0.25) is 0 Å². The zero-order valence-electron chi connectivity index (χ0n) is 27.1. The molecule has 4 aliphatic heterocycles. The average Bonchev–Trinajstić information content (AvgIpc) is 3.07. The minimum Gasteiger partial charge on any atom is -0.463 e. The van der Waals surface area contributed by atoms with Gasteiger partial charge in [-0.1, -0.05) is 0 Å². The molecule has 0 aromatic rings. The molecule has 286 valence electrons. The minimum absolute atomic E-state index is 0.0272. The summed E-state index contributed by atoms with van der Waals surface area (Å²) in [5.41, 5.74) is 0. The van der Waals surface area contributed by atoms with Crippen LogP contribution in [0.4, 0.5) is 0 Å². The highest BCUT2D eigenvalue weighted by Crippen LogP contribution is 2.44. The van der Waals surface area contributed by atoms with E-state index in [2.05, 4.69) is 0 Å². The van der Waals surface area contributed by atoms with E-state index in [0.717, 1.165) is 0 Å². The van der Waals surface area contributed by atoms with Gasteiger partial charge in [0.05, 0.1) is 42.9 Å². The van der Waals surface area contributed by atoms with Gasteiger partial charge in [0.1, 0.15) is 62.0 Å². The lowest BCUT2D eigenvalue weighted by atomic mass is 9.72. The highest BCUT2D eigenvalue weighted by Gasteiger charge is 2.57. The summed E-state index contributed by atoms with van der Waals surface area (Å²) in [4.78, 5) is 24.9. The number of ether oxygens (including phenoxy) is 7. The van der Waals surface area contributed by atoms with Crippen molar-refractivity contribution in [2.75, 3.05) is 13.2 Å². The average molecular weight is 726 g/mol. The lowest BCUT2D eigenvalue weighted by Crippen LogP contribution is -2.65. The van der Waals surface area contributed by atoms with Crippen LogP contribution in [0, 0.1) is 11.8 Å². The van der Waals surface area contributed by atoms with Gasteiger partial charge in [-0.3, -0.25) is 4.79 Å².